The Morgan fingerprint density at radius 1 is 1.03 bits per heavy atom. The number of carbonyl (C=O) groups is 2. The minimum Gasteiger partial charge on any atom is -0.507 e. The lowest BCUT2D eigenvalue weighted by atomic mass is 9.79. The van der Waals surface area contributed by atoms with Crippen LogP contribution in [-0.4, -0.2) is 36.0 Å². The zero-order valence-corrected chi connectivity index (χ0v) is 23.1. The van der Waals surface area contributed by atoms with Crippen LogP contribution < -0.4 is 15.5 Å². The number of amidine groups is 1. The fourth-order valence-corrected chi connectivity index (χ4v) is 5.30. The van der Waals surface area contributed by atoms with E-state index in [0.717, 1.165) is 4.88 Å². The molecule has 1 saturated heterocycles. The number of nitrogens with one attached hydrogen (secondary N) is 1. The highest BCUT2D eigenvalue weighted by atomic mass is 32.1. The molecule has 0 saturated carbocycles. The van der Waals surface area contributed by atoms with Gasteiger partial charge in [-0.1, -0.05) is 59.7 Å². The van der Waals surface area contributed by atoms with Crippen LogP contribution in [0, 0.1) is 0 Å². The van der Waals surface area contributed by atoms with Crippen molar-refractivity contribution >= 4 is 40.5 Å². The van der Waals surface area contributed by atoms with Crippen molar-refractivity contribution in [2.75, 3.05) is 13.1 Å². The molecule has 2 heterocycles. The molecule has 7 nitrogen and oxygen atoms in total. The third kappa shape index (κ3) is 4.79. The van der Waals surface area contributed by atoms with Crippen LogP contribution in [0.4, 0.5) is 16.2 Å². The summed E-state index contributed by atoms with van der Waals surface area (Å²) >= 11 is 1.46. The number of urea groups is 1. The van der Waals surface area contributed by atoms with Crippen LogP contribution in [-0.2, 0) is 10.8 Å². The predicted octanol–water partition coefficient (Wildman–Crippen LogP) is 5.96. The van der Waals surface area contributed by atoms with E-state index in [9.17, 15) is 14.7 Å². The second kappa shape index (κ2) is 9.43. The first kappa shape index (κ1) is 26.6. The Bertz CT molecular complexity index is 1350. The fraction of sp³-hybridized carbons (Fsp3) is 0.345. The van der Waals surface area contributed by atoms with E-state index in [-0.39, 0.29) is 12.3 Å². The minimum absolute atomic E-state index is 0.197. The number of nitrogens with zero attached hydrogens (tertiary/aromatic N) is 2. The third-order valence-electron chi connectivity index (χ3n) is 6.72. The molecule has 0 spiro atoms. The number of hydrogen-bond donors (Lipinski definition) is 3. The quantitative estimate of drug-likeness (QED) is 0.225. The highest BCUT2D eigenvalue weighted by Crippen LogP contribution is 2.44. The number of hydrogen-bond acceptors (Lipinski definition) is 5. The highest BCUT2D eigenvalue weighted by molar-refractivity contribution is 7.12. The van der Waals surface area contributed by atoms with Gasteiger partial charge >= 0.3 is 11.9 Å². The molecular weight excluding hydrogens is 484 g/mol. The van der Waals surface area contributed by atoms with E-state index in [0.29, 0.717) is 40.4 Å². The Labute approximate surface area is 222 Å². The lowest BCUT2D eigenvalue weighted by Gasteiger charge is -2.32. The molecule has 1 fully saturated rings. The summed E-state index contributed by atoms with van der Waals surface area (Å²) in [7, 11) is 0. The van der Waals surface area contributed by atoms with Gasteiger partial charge in [0.1, 0.15) is 23.7 Å². The molecule has 1 aliphatic rings. The minimum atomic E-state index is -0.544. The first-order valence-corrected chi connectivity index (χ1v) is 13.2. The largest absolute Gasteiger partial charge is 0.507 e. The van der Waals surface area contributed by atoms with Crippen LogP contribution in [0.25, 0.3) is 0 Å². The number of imide groups is 1. The van der Waals surface area contributed by atoms with Gasteiger partial charge in [-0.3, -0.25) is 5.32 Å². The summed E-state index contributed by atoms with van der Waals surface area (Å²) in [6.45, 7) is 12.6. The fourth-order valence-electron chi connectivity index (χ4n) is 4.67. The first-order valence-electron chi connectivity index (χ1n) is 12.3. The second-order valence-corrected chi connectivity index (χ2v) is 12.4. The topological polar surface area (TPSA) is 105 Å². The van der Waals surface area contributed by atoms with Gasteiger partial charge in [-0.2, -0.15) is 0 Å². The highest BCUT2D eigenvalue weighted by Gasteiger charge is 2.53. The number of amides is 3. The molecule has 3 amide bonds. The molecule has 0 radical (unpaired) electrons. The maximum absolute atomic E-state index is 14.4. The van der Waals surface area contributed by atoms with Crippen LogP contribution in [0.2, 0.25) is 0 Å². The van der Waals surface area contributed by atoms with Crippen LogP contribution in [0.15, 0.2) is 58.9 Å². The molecule has 1 aromatic heterocycles. The first-order chi connectivity index (χ1) is 17.3. The summed E-state index contributed by atoms with van der Waals surface area (Å²) in [6.07, 6.45) is 0. The summed E-state index contributed by atoms with van der Waals surface area (Å²) in [4.78, 5) is 33.3. The number of thiophene rings is 1. The SMILES string of the molecule is CC(C)(C)c1cc([N+]2(C(=O)c3ccccc3N=C(N)c3cccs3)CCNC2=O)cc(C(C)(C)C)c1O. The Balaban J connectivity index is 1.95. The number of quaternary nitrogens is 1. The van der Waals surface area contributed by atoms with E-state index in [1.54, 1.807) is 36.4 Å². The summed E-state index contributed by atoms with van der Waals surface area (Å²) in [5.41, 5.74) is 8.04. The molecule has 194 valence electrons. The Hall–Kier alpha value is -3.49. The molecule has 0 aliphatic carbocycles. The van der Waals surface area contributed by atoms with Crippen molar-refractivity contribution in [3.8, 4) is 5.75 Å². The molecule has 37 heavy (non-hydrogen) atoms. The lowest BCUT2D eigenvalue weighted by Crippen LogP contribution is -2.56. The molecule has 1 atom stereocenters. The van der Waals surface area contributed by atoms with E-state index >= 15 is 0 Å². The van der Waals surface area contributed by atoms with Crippen molar-refractivity contribution in [1.82, 2.24) is 9.80 Å². The van der Waals surface area contributed by atoms with Crippen LogP contribution in [0.5, 0.6) is 5.75 Å². The molecule has 4 N–H and O–H groups in total. The third-order valence-corrected chi connectivity index (χ3v) is 7.61. The zero-order chi connectivity index (χ0) is 27.2. The summed E-state index contributed by atoms with van der Waals surface area (Å²) < 4.78 is -0.544. The van der Waals surface area contributed by atoms with Gasteiger partial charge in [-0.15, -0.1) is 15.8 Å². The van der Waals surface area contributed by atoms with E-state index in [2.05, 4.69) is 10.3 Å². The van der Waals surface area contributed by atoms with Crippen molar-refractivity contribution in [3.63, 3.8) is 0 Å². The number of phenolic OH excluding ortho intramolecular Hbond substituents is 1. The Kier molecular flexibility index (Phi) is 6.77. The smallest absolute Gasteiger partial charge is 0.429 e. The Morgan fingerprint density at radius 2 is 1.65 bits per heavy atom. The van der Waals surface area contributed by atoms with Gasteiger partial charge in [0, 0.05) is 23.3 Å². The van der Waals surface area contributed by atoms with E-state index < -0.39 is 27.3 Å². The van der Waals surface area contributed by atoms with Crippen LogP contribution in [0.3, 0.4) is 0 Å². The van der Waals surface area contributed by atoms with Crippen molar-refractivity contribution < 1.29 is 14.7 Å². The van der Waals surface area contributed by atoms with Gasteiger partial charge in [0.05, 0.1) is 17.1 Å². The summed E-state index contributed by atoms with van der Waals surface area (Å²) in [6, 6.07) is 13.9. The molecule has 1 unspecified atom stereocenters. The number of carbonyl (C=O) groups excluding carboxylic acids is 2. The molecule has 2 aromatic carbocycles. The van der Waals surface area contributed by atoms with Gasteiger partial charge in [-0.05, 0) is 34.4 Å². The number of phenols is 1. The van der Waals surface area contributed by atoms with Crippen molar-refractivity contribution in [3.05, 3.63) is 75.5 Å². The van der Waals surface area contributed by atoms with Crippen LogP contribution in [0.1, 0.15) is 67.9 Å². The van der Waals surface area contributed by atoms with Gasteiger partial charge in [0.25, 0.3) is 0 Å². The zero-order valence-electron chi connectivity index (χ0n) is 22.3. The standard InChI is InChI=1S/C29H34N4O3S/c1-28(2,3)20-16-18(17-21(24(20)34)29(4,5)6)33(14-13-31-27(33)36)26(35)19-10-7-8-11-22(19)32-25(30)23-12-9-15-37-23/h7-12,15-17H,13-14H2,1-6H3,(H3-,30,31,32,34,35,36)/p+1. The molecule has 3 aromatic rings. The second-order valence-electron chi connectivity index (χ2n) is 11.5. The maximum atomic E-state index is 14.4. The van der Waals surface area contributed by atoms with E-state index in [1.807, 2.05) is 59.1 Å². The van der Waals surface area contributed by atoms with Crippen molar-refractivity contribution in [2.45, 2.75) is 52.4 Å². The van der Waals surface area contributed by atoms with Crippen molar-refractivity contribution in [2.24, 2.45) is 10.7 Å². The number of para-hydroxylation sites is 1. The van der Waals surface area contributed by atoms with E-state index in [1.165, 1.54) is 11.3 Å². The molecule has 1 aliphatic heterocycles. The number of nitrogens with two attached hydrogens (primary N) is 1. The molecule has 8 heteroatoms. The monoisotopic (exact) mass is 519 g/mol. The van der Waals surface area contributed by atoms with Gasteiger partial charge < -0.3 is 10.8 Å². The molecule has 4 rings (SSSR count). The van der Waals surface area contributed by atoms with Gasteiger partial charge in [-0.25, -0.2) is 14.6 Å². The van der Waals surface area contributed by atoms with Crippen LogP contribution >= 0.6 is 11.3 Å². The molecule has 0 bridgehead atoms. The maximum Gasteiger partial charge on any atom is 0.429 e. The predicted molar refractivity (Wildman–Crippen MR) is 151 cm³/mol. The molecular formula is C29H35N4O3S+. The number of benzene rings is 2. The summed E-state index contributed by atoms with van der Waals surface area (Å²) in [5, 5.41) is 16.0. The Morgan fingerprint density at radius 3 is 2.16 bits per heavy atom. The summed E-state index contributed by atoms with van der Waals surface area (Å²) in [5.74, 6) is 0.115. The van der Waals surface area contributed by atoms with E-state index in [4.69, 9.17) is 5.73 Å². The number of aromatic hydroxyl groups is 1. The van der Waals surface area contributed by atoms with Gasteiger partial charge in [0.2, 0.25) is 0 Å². The van der Waals surface area contributed by atoms with Crippen molar-refractivity contribution in [1.29, 1.82) is 0 Å². The number of aliphatic imine (C=N–C) groups is 1. The number of rotatable bonds is 4. The van der Waals surface area contributed by atoms with Gasteiger partial charge in [0.15, 0.2) is 5.69 Å². The lowest BCUT2D eigenvalue weighted by molar-refractivity contribution is 0.0833. The average Bonchev–Trinajstić information content (AvgIpc) is 3.48. The average molecular weight is 520 g/mol. The normalized spacial score (nSPS) is 18.6.